The molecule has 0 bridgehead atoms. The fraction of sp³-hybridized carbons (Fsp3) is 0.900. The standard InChI is InChI=1S/C10H19N3O3S/c11-9(14)10(12)2-1-8(7-10)13-3-5-17(15,16)6-4-13/h8H,1-7,12H2,(H2,11,14). The maximum atomic E-state index is 11.3. The van der Waals surface area contributed by atoms with Crippen LogP contribution in [0.3, 0.4) is 0 Å². The number of primary amides is 1. The van der Waals surface area contributed by atoms with Gasteiger partial charge in [-0.25, -0.2) is 8.42 Å². The first-order valence-corrected chi connectivity index (χ1v) is 7.68. The van der Waals surface area contributed by atoms with E-state index in [2.05, 4.69) is 4.90 Å². The molecule has 98 valence electrons. The molecule has 2 unspecified atom stereocenters. The molecule has 17 heavy (non-hydrogen) atoms. The third-order valence-corrected chi connectivity index (χ3v) is 5.52. The molecule has 2 aliphatic rings. The maximum Gasteiger partial charge on any atom is 0.237 e. The Bertz CT molecular complexity index is 409. The second-order valence-corrected chi connectivity index (χ2v) is 7.41. The van der Waals surface area contributed by atoms with Crippen LogP contribution in [0, 0.1) is 0 Å². The SMILES string of the molecule is NC(=O)C1(N)CCC(N2CCS(=O)(=O)CC2)C1. The van der Waals surface area contributed by atoms with Crippen LogP contribution in [0.25, 0.3) is 0 Å². The zero-order valence-electron chi connectivity index (χ0n) is 9.76. The smallest absolute Gasteiger partial charge is 0.237 e. The van der Waals surface area contributed by atoms with Crippen LogP contribution in [0.1, 0.15) is 19.3 Å². The normalized spacial score (nSPS) is 38.1. The van der Waals surface area contributed by atoms with Gasteiger partial charge in [0.25, 0.3) is 0 Å². The number of hydrogen-bond donors (Lipinski definition) is 2. The van der Waals surface area contributed by atoms with E-state index >= 15 is 0 Å². The molecule has 7 heteroatoms. The van der Waals surface area contributed by atoms with Crippen molar-refractivity contribution in [2.24, 2.45) is 11.5 Å². The molecule has 4 N–H and O–H groups in total. The predicted molar refractivity (Wildman–Crippen MR) is 64.0 cm³/mol. The van der Waals surface area contributed by atoms with Gasteiger partial charge in [0.15, 0.2) is 9.84 Å². The van der Waals surface area contributed by atoms with Gasteiger partial charge >= 0.3 is 0 Å². The summed E-state index contributed by atoms with van der Waals surface area (Å²) < 4.78 is 22.6. The van der Waals surface area contributed by atoms with Gasteiger partial charge in [0.2, 0.25) is 5.91 Å². The summed E-state index contributed by atoms with van der Waals surface area (Å²) in [6.07, 6.45) is 1.96. The molecule has 1 saturated carbocycles. The topological polar surface area (TPSA) is 106 Å². The van der Waals surface area contributed by atoms with Crippen LogP contribution >= 0.6 is 0 Å². The second-order valence-electron chi connectivity index (χ2n) is 5.10. The molecule has 0 radical (unpaired) electrons. The molecule has 1 heterocycles. The molecular formula is C10H19N3O3S. The highest BCUT2D eigenvalue weighted by atomic mass is 32.2. The quantitative estimate of drug-likeness (QED) is 0.626. The molecule has 1 aliphatic heterocycles. The predicted octanol–water partition coefficient (Wildman–Crippen LogP) is -1.55. The van der Waals surface area contributed by atoms with E-state index in [1.165, 1.54) is 0 Å². The highest BCUT2D eigenvalue weighted by Crippen LogP contribution is 2.31. The van der Waals surface area contributed by atoms with E-state index in [-0.39, 0.29) is 17.5 Å². The van der Waals surface area contributed by atoms with Crippen molar-refractivity contribution in [2.45, 2.75) is 30.8 Å². The number of carbonyl (C=O) groups excluding carboxylic acids is 1. The average Bonchev–Trinajstić information content (AvgIpc) is 2.62. The van der Waals surface area contributed by atoms with E-state index in [1.807, 2.05) is 0 Å². The Balaban J connectivity index is 1.96. The van der Waals surface area contributed by atoms with Gasteiger partial charge in [-0.05, 0) is 19.3 Å². The first kappa shape index (κ1) is 12.8. The third kappa shape index (κ3) is 2.61. The van der Waals surface area contributed by atoms with E-state index in [9.17, 15) is 13.2 Å². The van der Waals surface area contributed by atoms with Crippen molar-refractivity contribution in [3.8, 4) is 0 Å². The fourth-order valence-electron chi connectivity index (χ4n) is 2.68. The number of nitrogens with zero attached hydrogens (tertiary/aromatic N) is 1. The number of amides is 1. The van der Waals surface area contributed by atoms with Crippen molar-refractivity contribution in [1.29, 1.82) is 0 Å². The van der Waals surface area contributed by atoms with Gasteiger partial charge < -0.3 is 11.5 Å². The van der Waals surface area contributed by atoms with Crippen molar-refractivity contribution < 1.29 is 13.2 Å². The summed E-state index contributed by atoms with van der Waals surface area (Å²) in [6, 6.07) is 0.197. The minimum atomic E-state index is -2.85. The first-order chi connectivity index (χ1) is 7.82. The second kappa shape index (κ2) is 4.22. The van der Waals surface area contributed by atoms with E-state index in [0.29, 0.717) is 25.9 Å². The van der Waals surface area contributed by atoms with Gasteiger partial charge in [-0.15, -0.1) is 0 Å². The summed E-state index contributed by atoms with van der Waals surface area (Å²) in [6.45, 7) is 1.09. The molecule has 0 spiro atoms. The number of sulfone groups is 1. The number of nitrogens with two attached hydrogens (primary N) is 2. The minimum absolute atomic E-state index is 0.197. The molecule has 2 fully saturated rings. The highest BCUT2D eigenvalue weighted by molar-refractivity contribution is 7.91. The Morgan fingerprint density at radius 3 is 2.35 bits per heavy atom. The Hall–Kier alpha value is -0.660. The van der Waals surface area contributed by atoms with Crippen LogP contribution in [-0.2, 0) is 14.6 Å². The maximum absolute atomic E-state index is 11.3. The number of carbonyl (C=O) groups is 1. The largest absolute Gasteiger partial charge is 0.368 e. The molecule has 0 aromatic heterocycles. The zero-order valence-corrected chi connectivity index (χ0v) is 10.6. The number of rotatable bonds is 2. The van der Waals surface area contributed by atoms with E-state index in [4.69, 9.17) is 11.5 Å². The molecule has 0 aromatic carbocycles. The lowest BCUT2D eigenvalue weighted by atomic mass is 9.98. The Morgan fingerprint density at radius 1 is 1.29 bits per heavy atom. The molecule has 1 amide bonds. The lowest BCUT2D eigenvalue weighted by molar-refractivity contribution is -0.123. The van der Waals surface area contributed by atoms with E-state index in [1.54, 1.807) is 0 Å². The lowest BCUT2D eigenvalue weighted by Gasteiger charge is -2.32. The van der Waals surface area contributed by atoms with Crippen LogP contribution in [0.5, 0.6) is 0 Å². The van der Waals surface area contributed by atoms with Crippen LogP contribution in [0.15, 0.2) is 0 Å². The van der Waals surface area contributed by atoms with Crippen LogP contribution in [0.2, 0.25) is 0 Å². The van der Waals surface area contributed by atoms with Gasteiger partial charge in [-0.1, -0.05) is 0 Å². The van der Waals surface area contributed by atoms with Crippen LogP contribution < -0.4 is 11.5 Å². The van der Waals surface area contributed by atoms with Crippen molar-refractivity contribution in [3.63, 3.8) is 0 Å². The summed E-state index contributed by atoms with van der Waals surface area (Å²) in [4.78, 5) is 13.4. The summed E-state index contributed by atoms with van der Waals surface area (Å²) in [7, 11) is -2.85. The first-order valence-electron chi connectivity index (χ1n) is 5.86. The van der Waals surface area contributed by atoms with Crippen molar-refractivity contribution in [1.82, 2.24) is 4.90 Å². The van der Waals surface area contributed by atoms with E-state index < -0.39 is 21.3 Å². The van der Waals surface area contributed by atoms with Gasteiger partial charge in [-0.3, -0.25) is 9.69 Å². The molecule has 2 rings (SSSR count). The zero-order chi connectivity index (χ0) is 12.7. The fourth-order valence-corrected chi connectivity index (χ4v) is 3.91. The summed E-state index contributed by atoms with van der Waals surface area (Å²) in [5, 5.41) is 0. The summed E-state index contributed by atoms with van der Waals surface area (Å²) in [5.74, 6) is -0.0421. The molecule has 1 saturated heterocycles. The van der Waals surface area contributed by atoms with Crippen molar-refractivity contribution >= 4 is 15.7 Å². The Labute approximate surface area is 101 Å². The molecule has 6 nitrogen and oxygen atoms in total. The summed E-state index contributed by atoms with van der Waals surface area (Å²) >= 11 is 0. The Morgan fingerprint density at radius 2 is 1.88 bits per heavy atom. The average molecular weight is 261 g/mol. The Kier molecular flexibility index (Phi) is 3.17. The molecule has 0 aromatic rings. The number of hydrogen-bond acceptors (Lipinski definition) is 5. The van der Waals surface area contributed by atoms with E-state index in [0.717, 1.165) is 6.42 Å². The van der Waals surface area contributed by atoms with Gasteiger partial charge in [0, 0.05) is 19.1 Å². The van der Waals surface area contributed by atoms with Crippen LogP contribution in [-0.4, -0.2) is 55.4 Å². The van der Waals surface area contributed by atoms with Crippen LogP contribution in [0.4, 0.5) is 0 Å². The van der Waals surface area contributed by atoms with Gasteiger partial charge in [-0.2, -0.15) is 0 Å². The molecule has 2 atom stereocenters. The monoisotopic (exact) mass is 261 g/mol. The van der Waals surface area contributed by atoms with Crippen molar-refractivity contribution in [2.75, 3.05) is 24.6 Å². The molecular weight excluding hydrogens is 242 g/mol. The minimum Gasteiger partial charge on any atom is -0.368 e. The van der Waals surface area contributed by atoms with Gasteiger partial charge in [0.1, 0.15) is 0 Å². The van der Waals surface area contributed by atoms with Crippen molar-refractivity contribution in [3.05, 3.63) is 0 Å². The summed E-state index contributed by atoms with van der Waals surface area (Å²) in [5.41, 5.74) is 10.3. The van der Waals surface area contributed by atoms with Gasteiger partial charge in [0.05, 0.1) is 17.0 Å². The lowest BCUT2D eigenvalue weighted by Crippen LogP contribution is -2.52. The highest BCUT2D eigenvalue weighted by Gasteiger charge is 2.43. The third-order valence-electron chi connectivity index (χ3n) is 3.91. The molecule has 1 aliphatic carbocycles.